The first-order valence-electron chi connectivity index (χ1n) is 9.02. The molecule has 1 aromatic carbocycles. The van der Waals surface area contributed by atoms with Crippen LogP contribution in [0.4, 0.5) is 10.3 Å². The monoisotopic (exact) mass is 359 g/mol. The van der Waals surface area contributed by atoms with Gasteiger partial charge in [-0.05, 0) is 61.7 Å². The first-order chi connectivity index (χ1) is 13.2. The molecule has 0 unspecified atom stereocenters. The Morgan fingerprint density at radius 2 is 1.89 bits per heavy atom. The van der Waals surface area contributed by atoms with Crippen molar-refractivity contribution in [2.24, 2.45) is 0 Å². The van der Waals surface area contributed by atoms with Crippen LogP contribution in [-0.2, 0) is 0 Å². The molecular weight excluding hydrogens is 341 g/mol. The first-order valence-corrected chi connectivity index (χ1v) is 9.02. The van der Waals surface area contributed by atoms with Crippen molar-refractivity contribution in [3.8, 4) is 22.5 Å². The number of anilines is 1. The third-order valence-corrected chi connectivity index (χ3v) is 4.72. The van der Waals surface area contributed by atoms with Crippen LogP contribution >= 0.6 is 0 Å². The topological polar surface area (TPSA) is 55.1 Å². The van der Waals surface area contributed by atoms with E-state index in [0.29, 0.717) is 12.0 Å². The van der Waals surface area contributed by atoms with Gasteiger partial charge in [-0.2, -0.15) is 5.10 Å². The molecule has 134 valence electrons. The molecule has 5 rings (SSSR count). The van der Waals surface area contributed by atoms with Gasteiger partial charge in [-0.1, -0.05) is 6.07 Å². The lowest BCUT2D eigenvalue weighted by Crippen LogP contribution is -2.05. The summed E-state index contributed by atoms with van der Waals surface area (Å²) < 4.78 is 15.3. The van der Waals surface area contributed by atoms with Gasteiger partial charge in [-0.25, -0.2) is 18.9 Å². The van der Waals surface area contributed by atoms with E-state index >= 15 is 0 Å². The van der Waals surface area contributed by atoms with E-state index in [-0.39, 0.29) is 5.82 Å². The maximum Gasteiger partial charge on any atom is 0.223 e. The molecular formula is C21H18FN5. The summed E-state index contributed by atoms with van der Waals surface area (Å²) in [6.45, 7) is 2.03. The lowest BCUT2D eigenvalue weighted by molar-refractivity contribution is 0.628. The van der Waals surface area contributed by atoms with Crippen LogP contribution in [0.1, 0.15) is 18.4 Å². The largest absolute Gasteiger partial charge is 0.351 e. The van der Waals surface area contributed by atoms with Crippen LogP contribution in [0.15, 0.2) is 54.9 Å². The number of benzene rings is 1. The minimum atomic E-state index is -0.266. The van der Waals surface area contributed by atoms with Crippen LogP contribution in [-0.4, -0.2) is 25.6 Å². The van der Waals surface area contributed by atoms with Gasteiger partial charge in [-0.15, -0.1) is 0 Å². The van der Waals surface area contributed by atoms with E-state index < -0.39 is 0 Å². The molecule has 0 saturated heterocycles. The average molecular weight is 359 g/mol. The van der Waals surface area contributed by atoms with Gasteiger partial charge in [0.25, 0.3) is 0 Å². The molecule has 0 amide bonds. The first kappa shape index (κ1) is 15.9. The van der Waals surface area contributed by atoms with Crippen LogP contribution in [0, 0.1) is 12.7 Å². The maximum absolute atomic E-state index is 13.4. The Morgan fingerprint density at radius 1 is 1.07 bits per heavy atom. The summed E-state index contributed by atoms with van der Waals surface area (Å²) in [5, 5.41) is 8.11. The zero-order chi connectivity index (χ0) is 18.4. The second kappa shape index (κ2) is 6.16. The van der Waals surface area contributed by atoms with Gasteiger partial charge in [0, 0.05) is 24.0 Å². The Morgan fingerprint density at radius 3 is 2.67 bits per heavy atom. The van der Waals surface area contributed by atoms with E-state index in [0.717, 1.165) is 46.4 Å². The molecule has 0 spiro atoms. The molecule has 1 aliphatic rings. The summed E-state index contributed by atoms with van der Waals surface area (Å²) in [6, 6.07) is 12.9. The van der Waals surface area contributed by atoms with Gasteiger partial charge in [-0.3, -0.25) is 0 Å². The van der Waals surface area contributed by atoms with Crippen LogP contribution in [0.3, 0.4) is 0 Å². The molecule has 27 heavy (non-hydrogen) atoms. The second-order valence-corrected chi connectivity index (χ2v) is 6.95. The number of fused-ring (bicyclic) bond motifs is 1. The Hall–Kier alpha value is -3.28. The predicted molar refractivity (Wildman–Crippen MR) is 103 cm³/mol. The zero-order valence-corrected chi connectivity index (χ0v) is 14.9. The molecule has 1 saturated carbocycles. The highest BCUT2D eigenvalue weighted by Crippen LogP contribution is 2.35. The maximum atomic E-state index is 13.4. The van der Waals surface area contributed by atoms with Crippen LogP contribution in [0.25, 0.3) is 28.0 Å². The standard InChI is InChI=1S/C21H18FN5/c1-13-2-9-18-19(17-10-11-23-21(25-17)24-16-7-8-16)20(26-27(18)12-13)14-3-5-15(22)6-4-14/h2-6,9-12,16H,7-8H2,1H3,(H,23,24,25). The molecule has 4 aromatic rings. The molecule has 0 radical (unpaired) electrons. The molecule has 3 aromatic heterocycles. The molecule has 5 nitrogen and oxygen atoms in total. The number of nitrogens with zero attached hydrogens (tertiary/aromatic N) is 4. The van der Waals surface area contributed by atoms with E-state index in [9.17, 15) is 4.39 Å². The quantitative estimate of drug-likeness (QED) is 0.584. The SMILES string of the molecule is Cc1ccc2c(-c3ccnc(NC4CC4)n3)c(-c3ccc(F)cc3)nn2c1. The van der Waals surface area contributed by atoms with Gasteiger partial charge in [0.2, 0.25) is 5.95 Å². The molecule has 1 fully saturated rings. The molecule has 1 N–H and O–H groups in total. The Labute approximate surface area is 155 Å². The predicted octanol–water partition coefficient (Wildman–Crippen LogP) is 4.48. The lowest BCUT2D eigenvalue weighted by Gasteiger charge is -2.07. The van der Waals surface area contributed by atoms with Crippen molar-refractivity contribution in [3.63, 3.8) is 0 Å². The fourth-order valence-electron chi connectivity index (χ4n) is 3.19. The van der Waals surface area contributed by atoms with Crippen LogP contribution in [0.2, 0.25) is 0 Å². The fourth-order valence-corrected chi connectivity index (χ4v) is 3.19. The van der Waals surface area contributed by atoms with Crippen molar-refractivity contribution >= 4 is 11.5 Å². The minimum Gasteiger partial charge on any atom is -0.351 e. The number of hydrogen-bond donors (Lipinski definition) is 1. The minimum absolute atomic E-state index is 0.266. The third kappa shape index (κ3) is 3.03. The van der Waals surface area contributed by atoms with Crippen molar-refractivity contribution in [3.05, 3.63) is 66.2 Å². The number of nitrogens with one attached hydrogen (secondary N) is 1. The molecule has 6 heteroatoms. The van der Waals surface area contributed by atoms with Gasteiger partial charge in [0.1, 0.15) is 11.5 Å². The summed E-state index contributed by atoms with van der Waals surface area (Å²) in [5.41, 5.74) is 5.41. The molecule has 0 bridgehead atoms. The Kier molecular flexibility index (Phi) is 3.63. The number of aromatic nitrogens is 4. The van der Waals surface area contributed by atoms with Crippen molar-refractivity contribution in [1.29, 1.82) is 0 Å². The molecule has 0 atom stereocenters. The third-order valence-electron chi connectivity index (χ3n) is 4.72. The van der Waals surface area contributed by atoms with Crippen LogP contribution in [0.5, 0.6) is 0 Å². The van der Waals surface area contributed by atoms with E-state index in [2.05, 4.69) is 16.4 Å². The Balaban J connectivity index is 1.71. The fraction of sp³-hybridized carbons (Fsp3) is 0.190. The van der Waals surface area contributed by atoms with E-state index in [1.807, 2.05) is 29.8 Å². The summed E-state index contributed by atoms with van der Waals surface area (Å²) in [7, 11) is 0. The van der Waals surface area contributed by atoms with Crippen LogP contribution < -0.4 is 5.32 Å². The number of rotatable bonds is 4. The van der Waals surface area contributed by atoms with Crippen molar-refractivity contribution in [2.75, 3.05) is 5.32 Å². The Bertz CT molecular complexity index is 1130. The summed E-state index contributed by atoms with van der Waals surface area (Å²) in [4.78, 5) is 9.06. The summed E-state index contributed by atoms with van der Waals surface area (Å²) in [6.07, 6.45) is 6.06. The molecule has 0 aliphatic heterocycles. The number of aryl methyl sites for hydroxylation is 1. The van der Waals surface area contributed by atoms with E-state index in [1.165, 1.54) is 12.1 Å². The van der Waals surface area contributed by atoms with E-state index in [1.54, 1.807) is 18.3 Å². The lowest BCUT2D eigenvalue weighted by atomic mass is 10.0. The number of hydrogen-bond acceptors (Lipinski definition) is 4. The van der Waals surface area contributed by atoms with E-state index in [4.69, 9.17) is 10.1 Å². The highest BCUT2D eigenvalue weighted by molar-refractivity contribution is 5.91. The normalized spacial score (nSPS) is 13.9. The highest BCUT2D eigenvalue weighted by Gasteiger charge is 2.23. The highest BCUT2D eigenvalue weighted by atomic mass is 19.1. The number of pyridine rings is 1. The second-order valence-electron chi connectivity index (χ2n) is 6.95. The van der Waals surface area contributed by atoms with Crippen molar-refractivity contribution < 1.29 is 4.39 Å². The van der Waals surface area contributed by atoms with Gasteiger partial charge in [0.15, 0.2) is 0 Å². The van der Waals surface area contributed by atoms with Crippen molar-refractivity contribution in [2.45, 2.75) is 25.8 Å². The summed E-state index contributed by atoms with van der Waals surface area (Å²) in [5.74, 6) is 0.365. The molecule has 3 heterocycles. The van der Waals surface area contributed by atoms with Crippen molar-refractivity contribution in [1.82, 2.24) is 19.6 Å². The smallest absolute Gasteiger partial charge is 0.223 e. The van der Waals surface area contributed by atoms with Gasteiger partial charge < -0.3 is 5.32 Å². The number of halogens is 1. The van der Waals surface area contributed by atoms with Gasteiger partial charge >= 0.3 is 0 Å². The molecule has 1 aliphatic carbocycles. The zero-order valence-electron chi connectivity index (χ0n) is 14.9. The average Bonchev–Trinajstić information content (AvgIpc) is 3.40. The summed E-state index contributed by atoms with van der Waals surface area (Å²) >= 11 is 0. The van der Waals surface area contributed by atoms with Gasteiger partial charge in [0.05, 0.1) is 16.8 Å².